The van der Waals surface area contributed by atoms with Crippen molar-refractivity contribution < 1.29 is 9.21 Å². The monoisotopic (exact) mass is 414 g/mol. The number of rotatable bonds is 4. The smallest absolute Gasteiger partial charge is 0.328 e. The molecule has 150 valence electrons. The molecule has 0 bridgehead atoms. The summed E-state index contributed by atoms with van der Waals surface area (Å²) < 4.78 is 6.17. The van der Waals surface area contributed by atoms with Crippen molar-refractivity contribution in [2.45, 2.75) is 6.54 Å². The van der Waals surface area contributed by atoms with Crippen LogP contribution < -0.4 is 16.1 Å². The van der Waals surface area contributed by atoms with Gasteiger partial charge < -0.3 is 19.2 Å². The fourth-order valence-electron chi connectivity index (χ4n) is 3.40. The van der Waals surface area contributed by atoms with Gasteiger partial charge in [-0.25, -0.2) is 4.79 Å². The lowest BCUT2D eigenvalue weighted by molar-refractivity contribution is 0.0743. The maximum Gasteiger partial charge on any atom is 0.328 e. The van der Waals surface area contributed by atoms with Gasteiger partial charge in [0.15, 0.2) is 0 Å². The van der Waals surface area contributed by atoms with Gasteiger partial charge in [0.25, 0.3) is 11.5 Å². The number of H-pyrrole nitrogens is 1. The molecule has 3 aromatic rings. The highest BCUT2D eigenvalue weighted by atomic mass is 35.5. The van der Waals surface area contributed by atoms with E-state index in [1.807, 2.05) is 24.3 Å². The highest BCUT2D eigenvalue weighted by Crippen LogP contribution is 2.26. The number of aromatic amines is 1. The van der Waals surface area contributed by atoms with Crippen molar-refractivity contribution in [2.75, 3.05) is 31.1 Å². The average Bonchev–Trinajstić information content (AvgIpc) is 3.25. The molecule has 0 radical (unpaired) electrons. The number of amides is 1. The Labute approximate surface area is 170 Å². The van der Waals surface area contributed by atoms with Crippen LogP contribution in [-0.4, -0.2) is 46.5 Å². The van der Waals surface area contributed by atoms with E-state index in [0.717, 1.165) is 10.3 Å². The SMILES string of the molecule is O=C(c1c[nH]c(=O)n(Cc2ccco2)c1=O)N1CCN(c2ccccc2Cl)CC1. The highest BCUT2D eigenvalue weighted by Gasteiger charge is 2.26. The number of para-hydroxylation sites is 1. The molecule has 1 amide bonds. The Hall–Kier alpha value is -3.26. The van der Waals surface area contributed by atoms with Crippen molar-refractivity contribution in [3.8, 4) is 0 Å². The predicted molar refractivity (Wildman–Crippen MR) is 109 cm³/mol. The number of piperazine rings is 1. The minimum Gasteiger partial charge on any atom is -0.467 e. The molecule has 0 aliphatic carbocycles. The van der Waals surface area contributed by atoms with E-state index in [-0.39, 0.29) is 12.1 Å². The molecule has 1 saturated heterocycles. The first kappa shape index (κ1) is 19.1. The van der Waals surface area contributed by atoms with Crippen LogP contribution >= 0.6 is 11.6 Å². The summed E-state index contributed by atoms with van der Waals surface area (Å²) >= 11 is 6.26. The molecule has 0 atom stereocenters. The van der Waals surface area contributed by atoms with Crippen LogP contribution in [0.25, 0.3) is 0 Å². The zero-order chi connectivity index (χ0) is 20.4. The van der Waals surface area contributed by atoms with E-state index in [9.17, 15) is 14.4 Å². The second-order valence-corrected chi connectivity index (χ2v) is 7.12. The van der Waals surface area contributed by atoms with E-state index in [2.05, 4.69) is 9.88 Å². The van der Waals surface area contributed by atoms with Crippen LogP contribution in [-0.2, 0) is 6.54 Å². The maximum atomic E-state index is 12.9. The molecule has 0 spiro atoms. The number of aromatic nitrogens is 2. The molecule has 2 aromatic heterocycles. The third-order valence-corrected chi connectivity index (χ3v) is 5.26. The van der Waals surface area contributed by atoms with Gasteiger partial charge in [0.2, 0.25) is 0 Å². The molecule has 9 heteroatoms. The first-order valence-electron chi connectivity index (χ1n) is 9.18. The summed E-state index contributed by atoms with van der Waals surface area (Å²) in [5.74, 6) is 0.0498. The topological polar surface area (TPSA) is 91.5 Å². The molecular weight excluding hydrogens is 396 g/mol. The molecule has 0 unspecified atom stereocenters. The number of furan rings is 1. The first-order chi connectivity index (χ1) is 14.0. The van der Waals surface area contributed by atoms with Crippen molar-refractivity contribution in [1.29, 1.82) is 0 Å². The molecule has 4 rings (SSSR count). The normalized spacial score (nSPS) is 14.2. The molecule has 1 aromatic carbocycles. The van der Waals surface area contributed by atoms with Gasteiger partial charge in [-0.1, -0.05) is 23.7 Å². The van der Waals surface area contributed by atoms with E-state index < -0.39 is 17.2 Å². The largest absolute Gasteiger partial charge is 0.467 e. The van der Waals surface area contributed by atoms with Crippen molar-refractivity contribution in [2.24, 2.45) is 0 Å². The summed E-state index contributed by atoms with van der Waals surface area (Å²) in [6.07, 6.45) is 2.65. The van der Waals surface area contributed by atoms with E-state index in [4.69, 9.17) is 16.0 Å². The summed E-state index contributed by atoms with van der Waals surface area (Å²) in [7, 11) is 0. The zero-order valence-electron chi connectivity index (χ0n) is 15.5. The van der Waals surface area contributed by atoms with Crippen LogP contribution in [0.4, 0.5) is 5.69 Å². The number of hydrogen-bond acceptors (Lipinski definition) is 5. The Morgan fingerprint density at radius 2 is 1.83 bits per heavy atom. The Balaban J connectivity index is 1.51. The van der Waals surface area contributed by atoms with E-state index in [1.165, 1.54) is 12.5 Å². The third-order valence-electron chi connectivity index (χ3n) is 4.95. The van der Waals surface area contributed by atoms with Crippen LogP contribution in [0.5, 0.6) is 0 Å². The number of benzene rings is 1. The number of halogens is 1. The highest BCUT2D eigenvalue weighted by molar-refractivity contribution is 6.33. The Morgan fingerprint density at radius 3 is 2.52 bits per heavy atom. The molecule has 1 fully saturated rings. The van der Waals surface area contributed by atoms with Gasteiger partial charge in [-0.2, -0.15) is 0 Å². The Morgan fingerprint density at radius 1 is 1.07 bits per heavy atom. The van der Waals surface area contributed by atoms with E-state index >= 15 is 0 Å². The number of hydrogen-bond donors (Lipinski definition) is 1. The molecule has 8 nitrogen and oxygen atoms in total. The summed E-state index contributed by atoms with van der Waals surface area (Å²) in [6, 6.07) is 10.9. The summed E-state index contributed by atoms with van der Waals surface area (Å²) in [6.45, 7) is 2.04. The quantitative estimate of drug-likeness (QED) is 0.702. The van der Waals surface area contributed by atoms with Crippen molar-refractivity contribution >= 4 is 23.2 Å². The molecule has 29 heavy (non-hydrogen) atoms. The summed E-state index contributed by atoms with van der Waals surface area (Å²) in [5.41, 5.74) is -0.372. The lowest BCUT2D eigenvalue weighted by Gasteiger charge is -2.36. The molecular formula is C20H19ClN4O4. The first-order valence-corrected chi connectivity index (χ1v) is 9.56. The van der Waals surface area contributed by atoms with Crippen molar-refractivity contribution in [3.63, 3.8) is 0 Å². The van der Waals surface area contributed by atoms with Crippen LogP contribution in [0.1, 0.15) is 16.1 Å². The summed E-state index contributed by atoms with van der Waals surface area (Å²) in [5, 5.41) is 0.661. The predicted octanol–water partition coefficient (Wildman–Crippen LogP) is 1.79. The summed E-state index contributed by atoms with van der Waals surface area (Å²) in [4.78, 5) is 43.9. The van der Waals surface area contributed by atoms with Crippen molar-refractivity contribution in [1.82, 2.24) is 14.5 Å². The van der Waals surface area contributed by atoms with E-state index in [0.29, 0.717) is 37.0 Å². The number of carbonyl (C=O) groups is 1. The van der Waals surface area contributed by atoms with Crippen LogP contribution in [0, 0.1) is 0 Å². The zero-order valence-corrected chi connectivity index (χ0v) is 16.3. The number of nitrogens with zero attached hydrogens (tertiary/aromatic N) is 3. The van der Waals surface area contributed by atoms with Crippen LogP contribution in [0.3, 0.4) is 0 Å². The number of carbonyl (C=O) groups excluding carboxylic acids is 1. The second kappa shape index (κ2) is 8.00. The van der Waals surface area contributed by atoms with Gasteiger partial charge in [0.05, 0.1) is 23.5 Å². The maximum absolute atomic E-state index is 12.9. The second-order valence-electron chi connectivity index (χ2n) is 6.71. The van der Waals surface area contributed by atoms with Gasteiger partial charge in [-0.05, 0) is 24.3 Å². The molecule has 1 aliphatic rings. The molecule has 1 aliphatic heterocycles. The Bertz CT molecular complexity index is 1130. The lowest BCUT2D eigenvalue weighted by Crippen LogP contribution is -2.50. The fraction of sp³-hybridized carbons (Fsp3) is 0.250. The van der Waals surface area contributed by atoms with Gasteiger partial charge in [-0.3, -0.25) is 14.2 Å². The number of nitrogens with one attached hydrogen (secondary N) is 1. The van der Waals surface area contributed by atoms with Gasteiger partial charge in [0.1, 0.15) is 11.3 Å². The average molecular weight is 415 g/mol. The molecule has 0 saturated carbocycles. The van der Waals surface area contributed by atoms with Gasteiger partial charge in [0, 0.05) is 32.4 Å². The fourth-order valence-corrected chi connectivity index (χ4v) is 3.65. The van der Waals surface area contributed by atoms with E-state index in [1.54, 1.807) is 17.0 Å². The minimum atomic E-state index is -0.635. The minimum absolute atomic E-state index is 0.0391. The standard InChI is InChI=1S/C20H19ClN4O4/c21-16-5-1-2-6-17(16)23-7-9-24(10-8-23)18(26)15-12-22-20(28)25(19(15)27)13-14-4-3-11-29-14/h1-6,11-12H,7-10,13H2,(H,22,28). The van der Waals surface area contributed by atoms with Gasteiger partial charge in [-0.15, -0.1) is 0 Å². The molecule has 1 N–H and O–H groups in total. The van der Waals surface area contributed by atoms with Gasteiger partial charge >= 0.3 is 5.69 Å². The number of anilines is 1. The third kappa shape index (κ3) is 3.84. The molecule has 3 heterocycles. The Kier molecular flexibility index (Phi) is 5.26. The van der Waals surface area contributed by atoms with Crippen LogP contribution in [0.2, 0.25) is 5.02 Å². The van der Waals surface area contributed by atoms with Crippen LogP contribution in [0.15, 0.2) is 62.9 Å². The van der Waals surface area contributed by atoms with Crippen molar-refractivity contribution in [3.05, 3.63) is 86.0 Å². The lowest BCUT2D eigenvalue weighted by atomic mass is 10.2.